The third-order valence-corrected chi connectivity index (χ3v) is 4.74. The minimum absolute atomic E-state index is 0.200. The van der Waals surface area contributed by atoms with Gasteiger partial charge >= 0.3 is 6.03 Å². The highest BCUT2D eigenvalue weighted by Gasteiger charge is 2.17. The smallest absolute Gasteiger partial charge is 0.326 e. The number of benzene rings is 3. The van der Waals surface area contributed by atoms with E-state index in [1.54, 1.807) is 43.5 Å². The predicted molar refractivity (Wildman–Crippen MR) is 119 cm³/mol. The van der Waals surface area contributed by atoms with E-state index in [1.165, 1.54) is 29.2 Å². The first-order chi connectivity index (χ1) is 15.0. The van der Waals surface area contributed by atoms with Gasteiger partial charge in [0.25, 0.3) is 5.91 Å². The lowest BCUT2D eigenvalue weighted by Gasteiger charge is -2.23. The van der Waals surface area contributed by atoms with Crippen molar-refractivity contribution in [1.29, 1.82) is 0 Å². The average molecular weight is 421 g/mol. The van der Waals surface area contributed by atoms with Gasteiger partial charge in [-0.1, -0.05) is 18.2 Å². The summed E-state index contributed by atoms with van der Waals surface area (Å²) in [6.45, 7) is 2.29. The molecule has 0 spiro atoms. The predicted octanol–water partition coefficient (Wildman–Crippen LogP) is 4.61. The van der Waals surface area contributed by atoms with Crippen LogP contribution in [0.25, 0.3) is 0 Å². The second-order valence-corrected chi connectivity index (χ2v) is 6.86. The Morgan fingerprint density at radius 2 is 1.65 bits per heavy atom. The quantitative estimate of drug-likeness (QED) is 0.585. The topological polar surface area (TPSA) is 70.7 Å². The normalized spacial score (nSPS) is 10.3. The Balaban J connectivity index is 1.70. The van der Waals surface area contributed by atoms with Crippen LogP contribution in [0.5, 0.6) is 5.75 Å². The van der Waals surface area contributed by atoms with Crippen LogP contribution in [0, 0.1) is 12.7 Å². The van der Waals surface area contributed by atoms with Crippen molar-refractivity contribution in [3.8, 4) is 5.75 Å². The highest BCUT2D eigenvalue weighted by molar-refractivity contribution is 6.02. The Kier molecular flexibility index (Phi) is 7.22. The van der Waals surface area contributed by atoms with Crippen LogP contribution in [0.3, 0.4) is 0 Å². The van der Waals surface area contributed by atoms with Gasteiger partial charge in [-0.25, -0.2) is 9.18 Å². The third kappa shape index (κ3) is 5.82. The summed E-state index contributed by atoms with van der Waals surface area (Å²) in [4.78, 5) is 26.8. The van der Waals surface area contributed by atoms with E-state index in [-0.39, 0.29) is 19.0 Å². The minimum Gasteiger partial charge on any atom is -0.497 e. The van der Waals surface area contributed by atoms with E-state index in [0.29, 0.717) is 22.7 Å². The van der Waals surface area contributed by atoms with E-state index < -0.39 is 11.8 Å². The Hall–Kier alpha value is -3.87. The zero-order chi connectivity index (χ0) is 22.2. The maximum absolute atomic E-state index is 13.4. The molecule has 2 N–H and O–H groups in total. The van der Waals surface area contributed by atoms with Crippen molar-refractivity contribution in [2.45, 2.75) is 6.92 Å². The standard InChI is InChI=1S/C24H24FN3O3/c1-17-5-3-4-6-22(17)23(29)26-15-16-28(20-11-7-18(25)8-12-20)24(30)27-19-9-13-21(31-2)14-10-19/h3-14H,15-16H2,1-2H3,(H,26,29)(H,27,30). The number of carbonyl (C=O) groups excluding carboxylic acids is 2. The summed E-state index contributed by atoms with van der Waals surface area (Å²) in [6, 6.07) is 19.4. The van der Waals surface area contributed by atoms with Gasteiger partial charge in [0, 0.05) is 30.0 Å². The molecule has 6 nitrogen and oxygen atoms in total. The lowest BCUT2D eigenvalue weighted by atomic mass is 10.1. The van der Waals surface area contributed by atoms with Crippen molar-refractivity contribution in [3.05, 3.63) is 89.7 Å². The van der Waals surface area contributed by atoms with Gasteiger partial charge in [0.1, 0.15) is 11.6 Å². The van der Waals surface area contributed by atoms with Crippen molar-refractivity contribution in [2.24, 2.45) is 0 Å². The average Bonchev–Trinajstić information content (AvgIpc) is 2.78. The number of nitrogens with one attached hydrogen (secondary N) is 2. The lowest BCUT2D eigenvalue weighted by molar-refractivity contribution is 0.0954. The molecule has 0 aliphatic rings. The largest absolute Gasteiger partial charge is 0.497 e. The molecule has 7 heteroatoms. The van der Waals surface area contributed by atoms with Crippen molar-refractivity contribution in [1.82, 2.24) is 5.32 Å². The number of halogens is 1. The number of hydrogen-bond acceptors (Lipinski definition) is 3. The molecule has 0 unspecified atom stereocenters. The number of ether oxygens (including phenoxy) is 1. The molecule has 0 heterocycles. The van der Waals surface area contributed by atoms with Gasteiger partial charge < -0.3 is 15.4 Å². The van der Waals surface area contributed by atoms with E-state index in [4.69, 9.17) is 4.74 Å². The number of anilines is 2. The molecule has 3 rings (SSSR count). The molecule has 0 atom stereocenters. The first kappa shape index (κ1) is 21.8. The van der Waals surface area contributed by atoms with Crippen LogP contribution in [0.1, 0.15) is 15.9 Å². The number of urea groups is 1. The molecular weight excluding hydrogens is 397 g/mol. The van der Waals surface area contributed by atoms with Crippen LogP contribution in [-0.2, 0) is 0 Å². The Bertz CT molecular complexity index is 1040. The van der Waals surface area contributed by atoms with Crippen LogP contribution in [-0.4, -0.2) is 32.1 Å². The van der Waals surface area contributed by atoms with Gasteiger partial charge in [0.15, 0.2) is 0 Å². The first-order valence-electron chi connectivity index (χ1n) is 9.80. The van der Waals surface area contributed by atoms with Crippen LogP contribution in [0.4, 0.5) is 20.6 Å². The molecule has 0 fully saturated rings. The number of aryl methyl sites for hydroxylation is 1. The number of methoxy groups -OCH3 is 1. The molecule has 31 heavy (non-hydrogen) atoms. The molecule has 3 amide bonds. The Morgan fingerprint density at radius 3 is 2.29 bits per heavy atom. The summed E-state index contributed by atoms with van der Waals surface area (Å²) < 4.78 is 18.5. The highest BCUT2D eigenvalue weighted by atomic mass is 19.1. The van der Waals surface area contributed by atoms with Crippen molar-refractivity contribution < 1.29 is 18.7 Å². The summed E-state index contributed by atoms with van der Waals surface area (Å²) in [5.74, 6) is 0.0622. The van der Waals surface area contributed by atoms with Crippen LogP contribution < -0.4 is 20.3 Å². The van der Waals surface area contributed by atoms with Gasteiger partial charge in [-0.15, -0.1) is 0 Å². The maximum Gasteiger partial charge on any atom is 0.326 e. The minimum atomic E-state index is -0.401. The fourth-order valence-corrected chi connectivity index (χ4v) is 3.04. The number of carbonyl (C=O) groups is 2. The molecule has 160 valence electrons. The number of hydrogen-bond donors (Lipinski definition) is 2. The molecular formula is C24H24FN3O3. The van der Waals surface area contributed by atoms with Crippen LogP contribution in [0.15, 0.2) is 72.8 Å². The van der Waals surface area contributed by atoms with Crippen LogP contribution >= 0.6 is 0 Å². The summed E-state index contributed by atoms with van der Waals surface area (Å²) in [6.07, 6.45) is 0. The zero-order valence-corrected chi connectivity index (χ0v) is 17.4. The molecule has 0 bridgehead atoms. The van der Waals surface area contributed by atoms with Gasteiger partial charge in [0.2, 0.25) is 0 Å². The highest BCUT2D eigenvalue weighted by Crippen LogP contribution is 2.19. The van der Waals surface area contributed by atoms with E-state index >= 15 is 0 Å². The van der Waals surface area contributed by atoms with Crippen molar-refractivity contribution in [3.63, 3.8) is 0 Å². The molecule has 0 radical (unpaired) electrons. The molecule has 0 saturated carbocycles. The fourth-order valence-electron chi connectivity index (χ4n) is 3.04. The second-order valence-electron chi connectivity index (χ2n) is 6.86. The molecule has 0 aromatic heterocycles. The Morgan fingerprint density at radius 1 is 0.968 bits per heavy atom. The molecule has 0 aliphatic carbocycles. The van der Waals surface area contributed by atoms with Gasteiger partial charge in [-0.3, -0.25) is 9.69 Å². The van der Waals surface area contributed by atoms with Crippen molar-refractivity contribution >= 4 is 23.3 Å². The van der Waals surface area contributed by atoms with E-state index in [2.05, 4.69) is 10.6 Å². The van der Waals surface area contributed by atoms with Crippen LogP contribution in [0.2, 0.25) is 0 Å². The fraction of sp³-hybridized carbons (Fsp3) is 0.167. The maximum atomic E-state index is 13.4. The second kappa shape index (κ2) is 10.2. The van der Waals surface area contributed by atoms with E-state index in [0.717, 1.165) is 5.56 Å². The van der Waals surface area contributed by atoms with Gasteiger partial charge in [0.05, 0.1) is 7.11 Å². The van der Waals surface area contributed by atoms with E-state index in [1.807, 2.05) is 19.1 Å². The number of rotatable bonds is 7. The summed E-state index contributed by atoms with van der Waals surface area (Å²) >= 11 is 0. The van der Waals surface area contributed by atoms with Gasteiger partial charge in [-0.2, -0.15) is 0 Å². The number of amides is 3. The summed E-state index contributed by atoms with van der Waals surface area (Å²) in [5.41, 5.74) is 2.55. The van der Waals surface area contributed by atoms with Crippen molar-refractivity contribution in [2.75, 3.05) is 30.4 Å². The lowest BCUT2D eigenvalue weighted by Crippen LogP contribution is -2.41. The SMILES string of the molecule is COc1ccc(NC(=O)N(CCNC(=O)c2ccccc2C)c2ccc(F)cc2)cc1. The molecule has 0 saturated heterocycles. The van der Waals surface area contributed by atoms with E-state index in [9.17, 15) is 14.0 Å². The monoisotopic (exact) mass is 421 g/mol. The molecule has 0 aliphatic heterocycles. The zero-order valence-electron chi connectivity index (χ0n) is 17.4. The summed E-state index contributed by atoms with van der Waals surface area (Å²) in [7, 11) is 1.56. The first-order valence-corrected chi connectivity index (χ1v) is 9.80. The summed E-state index contributed by atoms with van der Waals surface area (Å²) in [5, 5.41) is 5.64. The third-order valence-electron chi connectivity index (χ3n) is 4.74. The molecule has 3 aromatic carbocycles. The number of nitrogens with zero attached hydrogens (tertiary/aromatic N) is 1. The molecule has 3 aromatic rings. The van der Waals surface area contributed by atoms with Gasteiger partial charge in [-0.05, 0) is 67.1 Å². The Labute approximate surface area is 180 Å².